The van der Waals surface area contributed by atoms with Gasteiger partial charge in [0.1, 0.15) is 12.2 Å². The van der Waals surface area contributed by atoms with E-state index in [9.17, 15) is 0 Å². The first-order valence-electron chi connectivity index (χ1n) is 11.9. The SMILES string of the molecule is CCn1c(-c2cnc(OC)c(C)c2)nc2c(NC3CCN(CC4CCOCC4)C3)ncnc21. The van der Waals surface area contributed by atoms with Gasteiger partial charge in [-0.2, -0.15) is 0 Å². The summed E-state index contributed by atoms with van der Waals surface area (Å²) >= 11 is 0. The molecule has 5 heterocycles. The summed E-state index contributed by atoms with van der Waals surface area (Å²) in [6, 6.07) is 2.42. The van der Waals surface area contributed by atoms with Crippen molar-refractivity contribution < 1.29 is 9.47 Å². The van der Waals surface area contributed by atoms with Crippen molar-refractivity contribution in [3.8, 4) is 17.3 Å². The van der Waals surface area contributed by atoms with Crippen LogP contribution in [-0.2, 0) is 11.3 Å². The lowest BCUT2D eigenvalue weighted by molar-refractivity contribution is 0.0554. The van der Waals surface area contributed by atoms with Gasteiger partial charge in [0, 0.05) is 62.8 Å². The second kappa shape index (κ2) is 9.61. The first kappa shape index (κ1) is 22.0. The van der Waals surface area contributed by atoms with Gasteiger partial charge in [-0.1, -0.05) is 0 Å². The predicted molar refractivity (Wildman–Crippen MR) is 128 cm³/mol. The van der Waals surface area contributed by atoms with E-state index in [1.54, 1.807) is 13.4 Å². The fourth-order valence-corrected chi connectivity index (χ4v) is 5.06. The molecule has 0 amide bonds. The number of nitrogens with one attached hydrogen (secondary N) is 1. The smallest absolute Gasteiger partial charge is 0.215 e. The predicted octanol–water partition coefficient (Wildman–Crippen LogP) is 3.14. The number of nitrogens with zero attached hydrogens (tertiary/aromatic N) is 6. The molecule has 1 unspecified atom stereocenters. The Bertz CT molecular complexity index is 1110. The van der Waals surface area contributed by atoms with Crippen LogP contribution in [0, 0.1) is 12.8 Å². The summed E-state index contributed by atoms with van der Waals surface area (Å²) in [5, 5.41) is 3.67. The Morgan fingerprint density at radius 1 is 1.18 bits per heavy atom. The van der Waals surface area contributed by atoms with E-state index in [1.165, 1.54) is 19.4 Å². The summed E-state index contributed by atoms with van der Waals surface area (Å²) < 4.78 is 13.0. The zero-order chi connectivity index (χ0) is 22.8. The number of hydrogen-bond donors (Lipinski definition) is 1. The third-order valence-corrected chi connectivity index (χ3v) is 6.80. The molecule has 33 heavy (non-hydrogen) atoms. The highest BCUT2D eigenvalue weighted by molar-refractivity contribution is 5.86. The van der Waals surface area contributed by atoms with Crippen LogP contribution in [0.4, 0.5) is 5.82 Å². The zero-order valence-corrected chi connectivity index (χ0v) is 19.8. The number of anilines is 1. The Balaban J connectivity index is 1.37. The Hall–Kier alpha value is -2.78. The lowest BCUT2D eigenvalue weighted by atomic mass is 10.00. The van der Waals surface area contributed by atoms with Gasteiger partial charge >= 0.3 is 0 Å². The maximum atomic E-state index is 5.51. The van der Waals surface area contributed by atoms with Gasteiger partial charge in [-0.25, -0.2) is 19.9 Å². The number of aryl methyl sites for hydroxylation is 2. The number of imidazole rings is 1. The Labute approximate surface area is 194 Å². The fraction of sp³-hybridized carbons (Fsp3) is 0.583. The molecule has 2 aliphatic rings. The molecule has 0 aromatic carbocycles. The maximum Gasteiger partial charge on any atom is 0.215 e. The summed E-state index contributed by atoms with van der Waals surface area (Å²) in [7, 11) is 1.64. The van der Waals surface area contributed by atoms with Crippen molar-refractivity contribution in [3.05, 3.63) is 24.2 Å². The molecule has 2 saturated heterocycles. The van der Waals surface area contributed by atoms with Crippen LogP contribution < -0.4 is 10.1 Å². The van der Waals surface area contributed by atoms with Gasteiger partial charge in [0.2, 0.25) is 5.88 Å². The minimum atomic E-state index is 0.364. The van der Waals surface area contributed by atoms with Gasteiger partial charge in [0.25, 0.3) is 0 Å². The van der Waals surface area contributed by atoms with E-state index in [1.807, 2.05) is 13.1 Å². The number of ether oxygens (including phenoxy) is 2. The zero-order valence-electron chi connectivity index (χ0n) is 19.8. The first-order chi connectivity index (χ1) is 16.2. The summed E-state index contributed by atoms with van der Waals surface area (Å²) in [5.74, 6) is 3.05. The summed E-state index contributed by atoms with van der Waals surface area (Å²) in [6.45, 7) is 9.99. The van der Waals surface area contributed by atoms with Crippen molar-refractivity contribution >= 4 is 17.0 Å². The van der Waals surface area contributed by atoms with Crippen LogP contribution in [0.25, 0.3) is 22.6 Å². The topological polar surface area (TPSA) is 90.2 Å². The van der Waals surface area contributed by atoms with Gasteiger partial charge in [0.05, 0.1) is 7.11 Å². The van der Waals surface area contributed by atoms with E-state index in [2.05, 4.69) is 42.7 Å². The van der Waals surface area contributed by atoms with E-state index in [4.69, 9.17) is 14.5 Å². The van der Waals surface area contributed by atoms with Crippen molar-refractivity contribution in [1.29, 1.82) is 0 Å². The second-order valence-corrected chi connectivity index (χ2v) is 9.07. The summed E-state index contributed by atoms with van der Waals surface area (Å²) in [5.41, 5.74) is 3.58. The lowest BCUT2D eigenvalue weighted by Gasteiger charge is -2.27. The summed E-state index contributed by atoms with van der Waals surface area (Å²) in [4.78, 5) is 21.1. The van der Waals surface area contributed by atoms with Gasteiger partial charge in [-0.05, 0) is 45.1 Å². The Morgan fingerprint density at radius 2 is 2.03 bits per heavy atom. The lowest BCUT2D eigenvalue weighted by Crippen LogP contribution is -2.33. The molecular weight excluding hydrogens is 418 g/mol. The molecule has 9 nitrogen and oxygen atoms in total. The van der Waals surface area contributed by atoms with E-state index in [0.717, 1.165) is 79.1 Å². The number of methoxy groups -OCH3 is 1. The van der Waals surface area contributed by atoms with Gasteiger partial charge in [-0.3, -0.25) is 0 Å². The van der Waals surface area contributed by atoms with Crippen molar-refractivity contribution in [2.45, 2.75) is 45.7 Å². The first-order valence-corrected chi connectivity index (χ1v) is 11.9. The van der Waals surface area contributed by atoms with Crippen LogP contribution >= 0.6 is 0 Å². The highest BCUT2D eigenvalue weighted by Crippen LogP contribution is 2.29. The molecular formula is C24H33N7O2. The van der Waals surface area contributed by atoms with Crippen LogP contribution in [0.2, 0.25) is 0 Å². The molecule has 3 aromatic heterocycles. The molecule has 1 N–H and O–H groups in total. The minimum Gasteiger partial charge on any atom is -0.481 e. The minimum absolute atomic E-state index is 0.364. The number of fused-ring (bicyclic) bond motifs is 1. The number of aromatic nitrogens is 5. The van der Waals surface area contributed by atoms with Crippen LogP contribution in [0.15, 0.2) is 18.6 Å². The maximum absolute atomic E-state index is 5.51. The van der Waals surface area contributed by atoms with Gasteiger partial charge in [-0.15, -0.1) is 0 Å². The molecule has 0 saturated carbocycles. The molecule has 9 heteroatoms. The molecule has 0 radical (unpaired) electrons. The van der Waals surface area contributed by atoms with Crippen LogP contribution in [-0.4, -0.2) is 75.4 Å². The molecule has 0 spiro atoms. The standard InChI is InChI=1S/C24H33N7O2/c1-4-31-22(18-11-16(2)24(32-3)25-12-18)29-20-21(26-15-27-23(20)31)28-19-5-8-30(14-19)13-17-6-9-33-10-7-17/h11-12,15,17,19H,4-10,13-14H2,1-3H3,(H,26,27,28). The van der Waals surface area contributed by atoms with E-state index < -0.39 is 0 Å². The van der Waals surface area contributed by atoms with Crippen molar-refractivity contribution in [2.24, 2.45) is 5.92 Å². The monoisotopic (exact) mass is 451 g/mol. The molecule has 176 valence electrons. The molecule has 3 aromatic rings. The normalized spacial score (nSPS) is 19.9. The van der Waals surface area contributed by atoms with Gasteiger partial charge in [0.15, 0.2) is 17.0 Å². The largest absolute Gasteiger partial charge is 0.481 e. The van der Waals surface area contributed by atoms with E-state index >= 15 is 0 Å². The average molecular weight is 452 g/mol. The van der Waals surface area contributed by atoms with Crippen LogP contribution in [0.5, 0.6) is 5.88 Å². The molecule has 2 fully saturated rings. The van der Waals surface area contributed by atoms with E-state index in [0.29, 0.717) is 11.9 Å². The van der Waals surface area contributed by atoms with Crippen LogP contribution in [0.1, 0.15) is 31.7 Å². The third-order valence-electron chi connectivity index (χ3n) is 6.80. The van der Waals surface area contributed by atoms with Gasteiger partial charge < -0.3 is 24.3 Å². The van der Waals surface area contributed by atoms with Crippen molar-refractivity contribution in [2.75, 3.05) is 45.3 Å². The average Bonchev–Trinajstić information content (AvgIpc) is 3.44. The molecule has 0 bridgehead atoms. The highest BCUT2D eigenvalue weighted by atomic mass is 16.5. The summed E-state index contributed by atoms with van der Waals surface area (Å²) in [6.07, 6.45) is 6.91. The second-order valence-electron chi connectivity index (χ2n) is 9.07. The van der Waals surface area contributed by atoms with Crippen molar-refractivity contribution in [1.82, 2.24) is 29.4 Å². The molecule has 2 aliphatic heterocycles. The van der Waals surface area contributed by atoms with Crippen LogP contribution in [0.3, 0.4) is 0 Å². The molecule has 1 atom stereocenters. The molecule has 0 aliphatic carbocycles. The molecule has 5 rings (SSSR count). The number of hydrogen-bond acceptors (Lipinski definition) is 8. The Morgan fingerprint density at radius 3 is 2.79 bits per heavy atom. The van der Waals surface area contributed by atoms with Crippen molar-refractivity contribution in [3.63, 3.8) is 0 Å². The Kier molecular flexibility index (Phi) is 6.41. The highest BCUT2D eigenvalue weighted by Gasteiger charge is 2.27. The number of likely N-dealkylation sites (tertiary alicyclic amines) is 1. The fourth-order valence-electron chi connectivity index (χ4n) is 5.06. The quantitative estimate of drug-likeness (QED) is 0.586. The third kappa shape index (κ3) is 4.52. The number of rotatable bonds is 7. The van der Waals surface area contributed by atoms with E-state index in [-0.39, 0.29) is 0 Å². The number of pyridine rings is 1.